The van der Waals surface area contributed by atoms with Crippen LogP contribution in [-0.2, 0) is 0 Å². The highest BCUT2D eigenvalue weighted by Gasteiger charge is 2.25. The average Bonchev–Trinajstić information content (AvgIpc) is 2.85. The van der Waals surface area contributed by atoms with Crippen molar-refractivity contribution < 1.29 is 14.6 Å². The van der Waals surface area contributed by atoms with Crippen LogP contribution in [0.15, 0.2) is 42.5 Å². The van der Waals surface area contributed by atoms with E-state index in [-0.39, 0.29) is 17.7 Å². The van der Waals surface area contributed by atoms with Crippen molar-refractivity contribution in [1.29, 1.82) is 0 Å². The van der Waals surface area contributed by atoms with E-state index in [0.29, 0.717) is 15.7 Å². The van der Waals surface area contributed by atoms with E-state index in [1.807, 2.05) is 46.9 Å². The Labute approximate surface area is 129 Å². The smallest absolute Gasteiger partial charge is 0.252 e. The fraction of sp³-hybridized carbons (Fsp3) is 0.133. The van der Waals surface area contributed by atoms with Gasteiger partial charge >= 0.3 is 0 Å². The predicted octanol–water partition coefficient (Wildman–Crippen LogP) is 2.86. The maximum absolute atomic E-state index is 12.2. The van der Waals surface area contributed by atoms with Crippen molar-refractivity contribution in [2.24, 2.45) is 0 Å². The topological polar surface area (TPSA) is 58.6 Å². The fourth-order valence-corrected chi connectivity index (χ4v) is 2.51. The number of carbonyl (C=O) groups excluding carboxylic acids is 1. The summed E-state index contributed by atoms with van der Waals surface area (Å²) in [4.78, 5) is 12.2. The Bertz CT molecular complexity index is 672. The Morgan fingerprint density at radius 1 is 1.30 bits per heavy atom. The number of carbonyl (C=O) groups is 1. The summed E-state index contributed by atoms with van der Waals surface area (Å²) < 4.78 is 6.24. The average molecular weight is 381 g/mol. The summed E-state index contributed by atoms with van der Waals surface area (Å²) in [5.74, 6) is 0.701. The first kappa shape index (κ1) is 13.2. The van der Waals surface area contributed by atoms with Crippen molar-refractivity contribution in [2.45, 2.75) is 6.04 Å². The van der Waals surface area contributed by atoms with Crippen LogP contribution in [0.1, 0.15) is 22.0 Å². The summed E-state index contributed by atoms with van der Waals surface area (Å²) in [5.41, 5.74) is 1.42. The summed E-state index contributed by atoms with van der Waals surface area (Å²) in [5, 5.41) is 12.6. The summed E-state index contributed by atoms with van der Waals surface area (Å²) in [6.07, 6.45) is 0. The fourth-order valence-electron chi connectivity index (χ4n) is 2.18. The Hall–Kier alpha value is -1.76. The largest absolute Gasteiger partial charge is 0.507 e. The van der Waals surface area contributed by atoms with Crippen LogP contribution in [0.3, 0.4) is 0 Å². The van der Waals surface area contributed by atoms with Crippen molar-refractivity contribution in [3.63, 3.8) is 0 Å². The van der Waals surface area contributed by atoms with Gasteiger partial charge in [-0.05, 0) is 46.9 Å². The highest BCUT2D eigenvalue weighted by molar-refractivity contribution is 14.1. The first-order valence-electron chi connectivity index (χ1n) is 6.16. The van der Waals surface area contributed by atoms with Gasteiger partial charge in [-0.1, -0.05) is 18.2 Å². The third-order valence-corrected chi connectivity index (χ3v) is 4.13. The Morgan fingerprint density at radius 2 is 2.10 bits per heavy atom. The summed E-state index contributed by atoms with van der Waals surface area (Å²) in [6.45, 7) is 0.432. The molecule has 1 amide bonds. The van der Waals surface area contributed by atoms with E-state index in [2.05, 4.69) is 5.32 Å². The number of rotatable bonds is 2. The number of amides is 1. The molecule has 0 saturated heterocycles. The molecule has 0 aromatic heterocycles. The lowest BCUT2D eigenvalue weighted by molar-refractivity contribution is 0.0930. The first-order valence-corrected chi connectivity index (χ1v) is 7.24. The molecule has 0 bridgehead atoms. The molecule has 2 aromatic rings. The molecule has 1 atom stereocenters. The molecule has 0 saturated carbocycles. The number of benzene rings is 2. The predicted molar refractivity (Wildman–Crippen MR) is 83.0 cm³/mol. The lowest BCUT2D eigenvalue weighted by Crippen LogP contribution is -2.29. The van der Waals surface area contributed by atoms with Crippen LogP contribution >= 0.6 is 22.6 Å². The summed E-state index contributed by atoms with van der Waals surface area (Å²) >= 11 is 2.01. The normalized spacial score (nSPS) is 16.4. The maximum Gasteiger partial charge on any atom is 0.252 e. The van der Waals surface area contributed by atoms with Crippen LogP contribution in [0.4, 0.5) is 0 Å². The molecule has 1 aliphatic heterocycles. The van der Waals surface area contributed by atoms with Gasteiger partial charge in [0.25, 0.3) is 5.91 Å². The molecular weight excluding hydrogens is 369 g/mol. The third-order valence-electron chi connectivity index (χ3n) is 3.21. The molecule has 0 spiro atoms. The van der Waals surface area contributed by atoms with E-state index in [4.69, 9.17) is 4.74 Å². The van der Waals surface area contributed by atoms with Gasteiger partial charge in [0.15, 0.2) is 0 Å². The number of phenolic OH excluding ortho intramolecular Hbond substituents is 1. The van der Waals surface area contributed by atoms with Gasteiger partial charge in [-0.15, -0.1) is 0 Å². The number of nitrogens with one attached hydrogen (secondary N) is 1. The van der Waals surface area contributed by atoms with Gasteiger partial charge in [-0.2, -0.15) is 0 Å². The summed E-state index contributed by atoms with van der Waals surface area (Å²) in [7, 11) is 0. The molecule has 1 heterocycles. The summed E-state index contributed by atoms with van der Waals surface area (Å²) in [6, 6.07) is 12.4. The zero-order chi connectivity index (χ0) is 14.1. The van der Waals surface area contributed by atoms with Crippen molar-refractivity contribution in [3.8, 4) is 11.5 Å². The zero-order valence-corrected chi connectivity index (χ0v) is 12.6. The van der Waals surface area contributed by atoms with Crippen LogP contribution in [-0.4, -0.2) is 17.6 Å². The Balaban J connectivity index is 1.79. The highest BCUT2D eigenvalue weighted by atomic mass is 127. The van der Waals surface area contributed by atoms with Gasteiger partial charge in [0.2, 0.25) is 0 Å². The SMILES string of the molecule is O=C(NC1COc2ccccc21)c1ccc(I)c(O)c1. The molecule has 5 heteroatoms. The standard InChI is InChI=1S/C15H12INO3/c16-11-6-5-9(7-13(11)18)15(19)17-12-8-20-14-4-2-1-3-10(12)14/h1-7,12,18H,8H2,(H,17,19). The number of aromatic hydroxyl groups is 1. The highest BCUT2D eigenvalue weighted by Crippen LogP contribution is 2.32. The van der Waals surface area contributed by atoms with Crippen LogP contribution < -0.4 is 10.1 Å². The third kappa shape index (κ3) is 2.45. The van der Waals surface area contributed by atoms with E-state index in [1.54, 1.807) is 12.1 Å². The van der Waals surface area contributed by atoms with Crippen molar-refractivity contribution in [3.05, 3.63) is 57.2 Å². The van der Waals surface area contributed by atoms with Crippen LogP contribution in [0.2, 0.25) is 0 Å². The van der Waals surface area contributed by atoms with Gasteiger partial charge in [-0.3, -0.25) is 4.79 Å². The minimum absolute atomic E-state index is 0.112. The van der Waals surface area contributed by atoms with E-state index >= 15 is 0 Å². The molecule has 1 aliphatic rings. The number of halogens is 1. The monoisotopic (exact) mass is 381 g/mol. The van der Waals surface area contributed by atoms with E-state index in [1.165, 1.54) is 6.07 Å². The van der Waals surface area contributed by atoms with E-state index in [9.17, 15) is 9.90 Å². The molecule has 0 radical (unpaired) electrons. The number of fused-ring (bicyclic) bond motifs is 1. The van der Waals surface area contributed by atoms with Crippen molar-refractivity contribution >= 4 is 28.5 Å². The molecule has 4 nitrogen and oxygen atoms in total. The minimum atomic E-state index is -0.220. The zero-order valence-electron chi connectivity index (χ0n) is 10.5. The van der Waals surface area contributed by atoms with Crippen LogP contribution in [0.25, 0.3) is 0 Å². The van der Waals surface area contributed by atoms with Crippen LogP contribution in [0, 0.1) is 3.57 Å². The Morgan fingerprint density at radius 3 is 2.90 bits per heavy atom. The van der Waals surface area contributed by atoms with Crippen molar-refractivity contribution in [2.75, 3.05) is 6.61 Å². The number of hydrogen-bond acceptors (Lipinski definition) is 3. The molecule has 0 aliphatic carbocycles. The van der Waals surface area contributed by atoms with Crippen LogP contribution in [0.5, 0.6) is 11.5 Å². The second-order valence-electron chi connectivity index (χ2n) is 4.54. The molecule has 0 fully saturated rings. The second kappa shape index (κ2) is 5.32. The van der Waals surface area contributed by atoms with Gasteiger partial charge < -0.3 is 15.2 Å². The van der Waals surface area contributed by atoms with E-state index < -0.39 is 0 Å². The lowest BCUT2D eigenvalue weighted by atomic mass is 10.1. The number of phenols is 1. The number of para-hydroxylation sites is 1. The molecule has 1 unspecified atom stereocenters. The molecule has 20 heavy (non-hydrogen) atoms. The van der Waals surface area contributed by atoms with Crippen molar-refractivity contribution in [1.82, 2.24) is 5.32 Å². The Kier molecular flexibility index (Phi) is 3.52. The molecule has 2 N–H and O–H groups in total. The van der Waals surface area contributed by atoms with Gasteiger partial charge in [0.05, 0.1) is 9.61 Å². The molecular formula is C15H12INO3. The van der Waals surface area contributed by atoms with Gasteiger partial charge in [-0.25, -0.2) is 0 Å². The van der Waals surface area contributed by atoms with E-state index in [0.717, 1.165) is 11.3 Å². The first-order chi connectivity index (χ1) is 9.65. The second-order valence-corrected chi connectivity index (χ2v) is 5.70. The van der Waals surface area contributed by atoms with Gasteiger partial charge in [0, 0.05) is 11.1 Å². The molecule has 102 valence electrons. The molecule has 3 rings (SSSR count). The maximum atomic E-state index is 12.2. The lowest BCUT2D eigenvalue weighted by Gasteiger charge is -2.12. The minimum Gasteiger partial charge on any atom is -0.507 e. The molecule has 2 aromatic carbocycles. The number of ether oxygens (including phenoxy) is 1. The number of hydrogen-bond donors (Lipinski definition) is 2. The van der Waals surface area contributed by atoms with Gasteiger partial charge in [0.1, 0.15) is 18.1 Å². The quantitative estimate of drug-likeness (QED) is 0.787.